The van der Waals surface area contributed by atoms with E-state index in [0.29, 0.717) is 41.0 Å². The third kappa shape index (κ3) is 4.23. The standard InChI is InChI=1S/C21H15ClN4O3/c22-16-1-4-18(5-2-16)26-13-14(12-24-26)9-15(11-23)21(27)25-17-3-6-19-20(10-17)29-8-7-28-19/h1-6,9-10,12-13H,7-8H2,(H,25,27)/b15-9+. The number of rotatable bonds is 4. The van der Waals surface area contributed by atoms with E-state index in [2.05, 4.69) is 10.4 Å². The molecule has 1 aliphatic rings. The molecule has 0 atom stereocenters. The summed E-state index contributed by atoms with van der Waals surface area (Å²) in [4.78, 5) is 12.5. The molecule has 8 heteroatoms. The normalized spacial score (nSPS) is 12.9. The van der Waals surface area contributed by atoms with Crippen LogP contribution in [-0.4, -0.2) is 28.9 Å². The van der Waals surface area contributed by atoms with Crippen LogP contribution in [-0.2, 0) is 4.79 Å². The van der Waals surface area contributed by atoms with Gasteiger partial charge in [-0.2, -0.15) is 10.4 Å². The van der Waals surface area contributed by atoms with Crippen molar-refractivity contribution in [1.29, 1.82) is 5.26 Å². The molecule has 3 aromatic rings. The van der Waals surface area contributed by atoms with E-state index in [-0.39, 0.29) is 5.57 Å². The number of nitriles is 1. The second-order valence-corrected chi connectivity index (χ2v) is 6.61. The summed E-state index contributed by atoms with van der Waals surface area (Å²) in [5.74, 6) is 0.657. The van der Waals surface area contributed by atoms with Gasteiger partial charge < -0.3 is 14.8 Å². The van der Waals surface area contributed by atoms with Crippen LogP contribution in [0, 0.1) is 11.3 Å². The number of nitrogens with one attached hydrogen (secondary N) is 1. The summed E-state index contributed by atoms with van der Waals surface area (Å²) in [7, 11) is 0. The van der Waals surface area contributed by atoms with Crippen LogP contribution < -0.4 is 14.8 Å². The van der Waals surface area contributed by atoms with Crippen molar-refractivity contribution in [2.75, 3.05) is 18.5 Å². The molecule has 0 unspecified atom stereocenters. The van der Waals surface area contributed by atoms with Crippen molar-refractivity contribution in [2.24, 2.45) is 0 Å². The number of amides is 1. The fourth-order valence-electron chi connectivity index (χ4n) is 2.78. The Morgan fingerprint density at radius 2 is 1.93 bits per heavy atom. The minimum absolute atomic E-state index is 0.0458. The lowest BCUT2D eigenvalue weighted by Gasteiger charge is -2.18. The highest BCUT2D eigenvalue weighted by Gasteiger charge is 2.15. The maximum absolute atomic E-state index is 12.5. The van der Waals surface area contributed by atoms with Gasteiger partial charge in [-0.3, -0.25) is 4.79 Å². The second kappa shape index (κ2) is 8.09. The molecule has 1 aliphatic heterocycles. The van der Waals surface area contributed by atoms with E-state index < -0.39 is 5.91 Å². The molecular weight excluding hydrogens is 392 g/mol. The van der Waals surface area contributed by atoms with Crippen LogP contribution in [0.5, 0.6) is 11.5 Å². The third-order valence-corrected chi connectivity index (χ3v) is 4.42. The maximum Gasteiger partial charge on any atom is 0.266 e. The van der Waals surface area contributed by atoms with E-state index >= 15 is 0 Å². The average molecular weight is 407 g/mol. The fourth-order valence-corrected chi connectivity index (χ4v) is 2.91. The highest BCUT2D eigenvalue weighted by atomic mass is 35.5. The van der Waals surface area contributed by atoms with Crippen LogP contribution in [0.25, 0.3) is 11.8 Å². The molecule has 0 spiro atoms. The van der Waals surface area contributed by atoms with E-state index in [0.717, 1.165) is 5.69 Å². The highest BCUT2D eigenvalue weighted by Crippen LogP contribution is 2.32. The molecule has 1 N–H and O–H groups in total. The van der Waals surface area contributed by atoms with Gasteiger partial charge in [-0.05, 0) is 42.5 Å². The van der Waals surface area contributed by atoms with Crippen LogP contribution in [0.4, 0.5) is 5.69 Å². The Bertz CT molecular complexity index is 1130. The van der Waals surface area contributed by atoms with Gasteiger partial charge >= 0.3 is 0 Å². The minimum Gasteiger partial charge on any atom is -0.486 e. The van der Waals surface area contributed by atoms with Crippen LogP contribution >= 0.6 is 11.6 Å². The summed E-state index contributed by atoms with van der Waals surface area (Å²) in [5, 5.41) is 17.0. The minimum atomic E-state index is -0.525. The molecule has 0 bridgehead atoms. The smallest absolute Gasteiger partial charge is 0.266 e. The van der Waals surface area contributed by atoms with Gasteiger partial charge in [0.2, 0.25) is 0 Å². The molecule has 144 valence electrons. The molecule has 0 radical (unpaired) electrons. The number of carbonyl (C=O) groups excluding carboxylic acids is 1. The monoisotopic (exact) mass is 406 g/mol. The summed E-state index contributed by atoms with van der Waals surface area (Å²) < 4.78 is 12.6. The number of halogens is 1. The Morgan fingerprint density at radius 1 is 1.17 bits per heavy atom. The predicted molar refractivity (Wildman–Crippen MR) is 108 cm³/mol. The van der Waals surface area contributed by atoms with Gasteiger partial charge in [0, 0.05) is 28.5 Å². The predicted octanol–water partition coefficient (Wildman–Crippen LogP) is 3.84. The highest BCUT2D eigenvalue weighted by molar-refractivity contribution is 6.30. The fraction of sp³-hybridized carbons (Fsp3) is 0.0952. The number of hydrogen-bond donors (Lipinski definition) is 1. The summed E-state index contributed by atoms with van der Waals surface area (Å²) in [6.07, 6.45) is 4.77. The maximum atomic E-state index is 12.5. The Morgan fingerprint density at radius 3 is 2.69 bits per heavy atom. The summed E-state index contributed by atoms with van der Waals surface area (Å²) in [6.45, 7) is 0.940. The van der Waals surface area contributed by atoms with Crippen molar-refractivity contribution in [2.45, 2.75) is 0 Å². The molecule has 29 heavy (non-hydrogen) atoms. The van der Waals surface area contributed by atoms with Crippen molar-refractivity contribution in [1.82, 2.24) is 9.78 Å². The van der Waals surface area contributed by atoms with Crippen molar-refractivity contribution in [3.8, 4) is 23.3 Å². The number of aromatic nitrogens is 2. The molecule has 2 aromatic carbocycles. The molecule has 7 nitrogen and oxygen atoms in total. The summed E-state index contributed by atoms with van der Waals surface area (Å²) in [6, 6.07) is 14.2. The lowest BCUT2D eigenvalue weighted by molar-refractivity contribution is -0.112. The molecule has 1 aromatic heterocycles. The second-order valence-electron chi connectivity index (χ2n) is 6.18. The Balaban J connectivity index is 1.51. The largest absolute Gasteiger partial charge is 0.486 e. The van der Waals surface area contributed by atoms with Crippen molar-refractivity contribution < 1.29 is 14.3 Å². The van der Waals surface area contributed by atoms with Crippen molar-refractivity contribution in [3.05, 3.63) is 71.0 Å². The Hall–Kier alpha value is -3.76. The van der Waals surface area contributed by atoms with Crippen LogP contribution in [0.3, 0.4) is 0 Å². The van der Waals surface area contributed by atoms with Gasteiger partial charge in [-0.25, -0.2) is 4.68 Å². The van der Waals surface area contributed by atoms with Crippen LogP contribution in [0.2, 0.25) is 5.02 Å². The first-order valence-electron chi connectivity index (χ1n) is 8.76. The molecule has 2 heterocycles. The molecule has 1 amide bonds. The number of nitrogens with zero attached hydrogens (tertiary/aromatic N) is 3. The first-order valence-corrected chi connectivity index (χ1v) is 9.13. The van der Waals surface area contributed by atoms with Gasteiger partial charge in [0.15, 0.2) is 11.5 Å². The van der Waals surface area contributed by atoms with Gasteiger partial charge in [0.1, 0.15) is 24.9 Å². The number of benzene rings is 2. The third-order valence-electron chi connectivity index (χ3n) is 4.17. The molecule has 4 rings (SSSR count). The van der Waals surface area contributed by atoms with Gasteiger partial charge in [0.05, 0.1) is 11.9 Å². The lowest BCUT2D eigenvalue weighted by Crippen LogP contribution is -2.17. The topological polar surface area (TPSA) is 89.2 Å². The van der Waals surface area contributed by atoms with E-state index in [1.807, 2.05) is 18.2 Å². The zero-order valence-corrected chi connectivity index (χ0v) is 15.9. The van der Waals surface area contributed by atoms with Crippen molar-refractivity contribution >= 4 is 29.3 Å². The summed E-state index contributed by atoms with van der Waals surface area (Å²) >= 11 is 5.90. The lowest BCUT2D eigenvalue weighted by atomic mass is 10.2. The van der Waals surface area contributed by atoms with E-state index in [1.165, 1.54) is 6.08 Å². The van der Waals surface area contributed by atoms with E-state index in [9.17, 15) is 10.1 Å². The van der Waals surface area contributed by atoms with Crippen LogP contribution in [0.1, 0.15) is 5.56 Å². The molecular formula is C21H15ClN4O3. The average Bonchev–Trinajstić information content (AvgIpc) is 3.21. The van der Waals surface area contributed by atoms with E-state index in [4.69, 9.17) is 21.1 Å². The molecule has 0 fully saturated rings. The summed E-state index contributed by atoms with van der Waals surface area (Å²) in [5.41, 5.74) is 1.90. The zero-order valence-electron chi connectivity index (χ0n) is 15.1. The molecule has 0 saturated carbocycles. The van der Waals surface area contributed by atoms with Crippen molar-refractivity contribution in [3.63, 3.8) is 0 Å². The number of anilines is 1. The first-order chi connectivity index (χ1) is 14.1. The number of ether oxygens (including phenoxy) is 2. The Labute approximate surface area is 171 Å². The number of fused-ring (bicyclic) bond motifs is 1. The zero-order chi connectivity index (χ0) is 20.2. The van der Waals surface area contributed by atoms with Gasteiger partial charge in [-0.15, -0.1) is 0 Å². The van der Waals surface area contributed by atoms with Gasteiger partial charge in [-0.1, -0.05) is 11.6 Å². The van der Waals surface area contributed by atoms with E-state index in [1.54, 1.807) is 47.4 Å². The number of hydrogen-bond acceptors (Lipinski definition) is 5. The van der Waals surface area contributed by atoms with Gasteiger partial charge in [0.25, 0.3) is 5.91 Å². The Kier molecular flexibility index (Phi) is 5.18. The SMILES string of the molecule is N#C/C(=C\c1cnn(-c2ccc(Cl)cc2)c1)C(=O)Nc1ccc2c(c1)OCCO2. The quantitative estimate of drug-likeness (QED) is 0.525. The van der Waals surface area contributed by atoms with Crippen LogP contribution in [0.15, 0.2) is 60.4 Å². The molecule has 0 saturated heterocycles. The number of carbonyl (C=O) groups is 1. The molecule has 0 aliphatic carbocycles. The first kappa shape index (κ1) is 18.6.